The van der Waals surface area contributed by atoms with Gasteiger partial charge in [-0.25, -0.2) is 0 Å². The van der Waals surface area contributed by atoms with E-state index in [4.69, 9.17) is 11.6 Å². The smallest absolute Gasteiger partial charge is 0.274 e. The molecular formula is C12H16ClN3O. The minimum atomic E-state index is -0.0685. The maximum Gasteiger partial charge on any atom is 0.274 e. The van der Waals surface area contributed by atoms with Crippen LogP contribution in [0, 0.1) is 0 Å². The second-order valence-corrected chi connectivity index (χ2v) is 4.84. The maximum atomic E-state index is 12.1. The summed E-state index contributed by atoms with van der Waals surface area (Å²) in [4.78, 5) is 13.9. The highest BCUT2D eigenvalue weighted by molar-refractivity contribution is 6.29. The number of carbonyl (C=O) groups is 1. The van der Waals surface area contributed by atoms with E-state index in [0.29, 0.717) is 16.9 Å². The molecule has 1 aromatic heterocycles. The molecule has 0 aliphatic heterocycles. The summed E-state index contributed by atoms with van der Waals surface area (Å²) in [6.07, 6.45) is 5.86. The van der Waals surface area contributed by atoms with Gasteiger partial charge in [0.05, 0.1) is 0 Å². The van der Waals surface area contributed by atoms with E-state index in [1.807, 2.05) is 7.05 Å². The first-order valence-electron chi connectivity index (χ1n) is 5.95. The highest BCUT2D eigenvalue weighted by Gasteiger charge is 2.23. The molecule has 1 aliphatic carbocycles. The molecule has 5 heteroatoms. The number of halogens is 1. The normalized spacial score (nSPS) is 16.8. The molecule has 0 aromatic carbocycles. The van der Waals surface area contributed by atoms with Crippen LogP contribution in [0.5, 0.6) is 0 Å². The molecule has 1 amide bonds. The van der Waals surface area contributed by atoms with Gasteiger partial charge in [0.2, 0.25) is 0 Å². The van der Waals surface area contributed by atoms with Gasteiger partial charge in [0.15, 0.2) is 10.8 Å². The van der Waals surface area contributed by atoms with Gasteiger partial charge < -0.3 is 4.90 Å². The molecule has 0 saturated heterocycles. The van der Waals surface area contributed by atoms with E-state index in [-0.39, 0.29) is 5.91 Å². The van der Waals surface area contributed by atoms with Crippen molar-refractivity contribution in [2.24, 2.45) is 0 Å². The number of amides is 1. The molecular weight excluding hydrogens is 238 g/mol. The summed E-state index contributed by atoms with van der Waals surface area (Å²) in [6, 6.07) is 3.56. The Kier molecular flexibility index (Phi) is 3.94. The Labute approximate surface area is 106 Å². The van der Waals surface area contributed by atoms with Crippen LogP contribution >= 0.6 is 11.6 Å². The van der Waals surface area contributed by atoms with Crippen LogP contribution in [-0.2, 0) is 0 Å². The van der Waals surface area contributed by atoms with Crippen molar-refractivity contribution in [2.75, 3.05) is 7.05 Å². The van der Waals surface area contributed by atoms with Gasteiger partial charge in [-0.2, -0.15) is 0 Å². The fourth-order valence-electron chi connectivity index (χ4n) is 2.24. The third-order valence-corrected chi connectivity index (χ3v) is 3.50. The SMILES string of the molecule is CN(C(=O)c1ccc(Cl)nn1)C1CCCCC1. The maximum absolute atomic E-state index is 12.1. The van der Waals surface area contributed by atoms with Gasteiger partial charge in [0.25, 0.3) is 5.91 Å². The van der Waals surface area contributed by atoms with E-state index < -0.39 is 0 Å². The first kappa shape index (κ1) is 12.3. The summed E-state index contributed by atoms with van der Waals surface area (Å²) in [7, 11) is 1.84. The highest BCUT2D eigenvalue weighted by Crippen LogP contribution is 2.22. The third-order valence-electron chi connectivity index (χ3n) is 3.29. The summed E-state index contributed by atoms with van der Waals surface area (Å²) in [6.45, 7) is 0. The third kappa shape index (κ3) is 2.94. The van der Waals surface area contributed by atoms with Crippen molar-refractivity contribution in [2.45, 2.75) is 38.1 Å². The lowest BCUT2D eigenvalue weighted by molar-refractivity contribution is 0.0689. The predicted molar refractivity (Wildman–Crippen MR) is 66.0 cm³/mol. The van der Waals surface area contributed by atoms with Gasteiger partial charge in [-0.3, -0.25) is 4.79 Å². The Morgan fingerprint density at radius 1 is 1.29 bits per heavy atom. The number of rotatable bonds is 2. The Balaban J connectivity index is 2.05. The molecule has 0 radical (unpaired) electrons. The van der Waals surface area contributed by atoms with Crippen LogP contribution in [-0.4, -0.2) is 34.1 Å². The van der Waals surface area contributed by atoms with Gasteiger partial charge in [-0.1, -0.05) is 30.9 Å². The average Bonchev–Trinajstić information content (AvgIpc) is 2.39. The van der Waals surface area contributed by atoms with Crippen LogP contribution in [0.15, 0.2) is 12.1 Å². The van der Waals surface area contributed by atoms with E-state index in [1.54, 1.807) is 17.0 Å². The molecule has 1 heterocycles. The summed E-state index contributed by atoms with van der Waals surface area (Å²) < 4.78 is 0. The minimum Gasteiger partial charge on any atom is -0.337 e. The lowest BCUT2D eigenvalue weighted by Crippen LogP contribution is -2.38. The standard InChI is InChI=1S/C12H16ClN3O/c1-16(9-5-3-2-4-6-9)12(17)10-7-8-11(13)15-14-10/h7-9H,2-6H2,1H3. The van der Waals surface area contributed by atoms with Crippen LogP contribution in [0.3, 0.4) is 0 Å². The molecule has 1 saturated carbocycles. The largest absolute Gasteiger partial charge is 0.337 e. The van der Waals surface area contributed by atoms with E-state index in [2.05, 4.69) is 10.2 Å². The van der Waals surface area contributed by atoms with Gasteiger partial charge in [0, 0.05) is 13.1 Å². The molecule has 0 atom stereocenters. The van der Waals surface area contributed by atoms with E-state index in [0.717, 1.165) is 12.8 Å². The van der Waals surface area contributed by atoms with Crippen LogP contribution < -0.4 is 0 Å². The van der Waals surface area contributed by atoms with E-state index in [9.17, 15) is 4.79 Å². The molecule has 2 rings (SSSR count). The second-order valence-electron chi connectivity index (χ2n) is 4.45. The van der Waals surface area contributed by atoms with Crippen molar-refractivity contribution in [3.05, 3.63) is 23.0 Å². The van der Waals surface area contributed by atoms with Crippen molar-refractivity contribution in [3.63, 3.8) is 0 Å². The number of carbonyl (C=O) groups excluding carboxylic acids is 1. The minimum absolute atomic E-state index is 0.0685. The monoisotopic (exact) mass is 253 g/mol. The predicted octanol–water partition coefficient (Wildman–Crippen LogP) is 2.53. The second kappa shape index (κ2) is 5.45. The van der Waals surface area contributed by atoms with Crippen molar-refractivity contribution < 1.29 is 4.79 Å². The quantitative estimate of drug-likeness (QED) is 0.814. The van der Waals surface area contributed by atoms with Gasteiger partial charge >= 0.3 is 0 Å². The summed E-state index contributed by atoms with van der Waals surface area (Å²) >= 11 is 5.65. The molecule has 0 unspecified atom stereocenters. The molecule has 1 fully saturated rings. The van der Waals surface area contributed by atoms with Gasteiger partial charge in [0.1, 0.15) is 0 Å². The zero-order valence-corrected chi connectivity index (χ0v) is 10.7. The zero-order chi connectivity index (χ0) is 12.3. The molecule has 17 heavy (non-hydrogen) atoms. The number of nitrogens with zero attached hydrogens (tertiary/aromatic N) is 3. The Morgan fingerprint density at radius 3 is 2.59 bits per heavy atom. The van der Waals surface area contributed by atoms with E-state index >= 15 is 0 Å². The fourth-order valence-corrected chi connectivity index (χ4v) is 2.35. The molecule has 4 nitrogen and oxygen atoms in total. The molecule has 1 aromatic rings. The average molecular weight is 254 g/mol. The lowest BCUT2D eigenvalue weighted by Gasteiger charge is -2.30. The highest BCUT2D eigenvalue weighted by atomic mass is 35.5. The Bertz CT molecular complexity index is 387. The lowest BCUT2D eigenvalue weighted by atomic mass is 9.94. The number of hydrogen-bond acceptors (Lipinski definition) is 3. The van der Waals surface area contributed by atoms with Crippen LogP contribution in [0.1, 0.15) is 42.6 Å². The first-order valence-corrected chi connectivity index (χ1v) is 6.32. The molecule has 1 aliphatic rings. The van der Waals surface area contributed by atoms with Crippen molar-refractivity contribution >= 4 is 17.5 Å². The molecule has 92 valence electrons. The first-order chi connectivity index (χ1) is 8.18. The van der Waals surface area contributed by atoms with Gasteiger partial charge in [-0.15, -0.1) is 10.2 Å². The molecule has 0 spiro atoms. The molecule has 0 bridgehead atoms. The van der Waals surface area contributed by atoms with Crippen molar-refractivity contribution in [3.8, 4) is 0 Å². The van der Waals surface area contributed by atoms with Gasteiger partial charge in [-0.05, 0) is 25.0 Å². The fraction of sp³-hybridized carbons (Fsp3) is 0.583. The summed E-state index contributed by atoms with van der Waals surface area (Å²) in [5.74, 6) is -0.0685. The van der Waals surface area contributed by atoms with Crippen molar-refractivity contribution in [1.29, 1.82) is 0 Å². The summed E-state index contributed by atoms with van der Waals surface area (Å²) in [5, 5.41) is 7.82. The number of aromatic nitrogens is 2. The summed E-state index contributed by atoms with van der Waals surface area (Å²) in [5.41, 5.74) is 0.363. The molecule has 0 N–H and O–H groups in total. The van der Waals surface area contributed by atoms with Crippen LogP contribution in [0.2, 0.25) is 5.15 Å². The van der Waals surface area contributed by atoms with Crippen molar-refractivity contribution in [1.82, 2.24) is 15.1 Å². The Morgan fingerprint density at radius 2 is 2.00 bits per heavy atom. The van der Waals surface area contributed by atoms with E-state index in [1.165, 1.54) is 19.3 Å². The zero-order valence-electron chi connectivity index (χ0n) is 9.90. The van der Waals surface area contributed by atoms with Crippen LogP contribution in [0.4, 0.5) is 0 Å². The Hall–Kier alpha value is -1.16. The topological polar surface area (TPSA) is 46.1 Å². The van der Waals surface area contributed by atoms with Crippen LogP contribution in [0.25, 0.3) is 0 Å². The number of hydrogen-bond donors (Lipinski definition) is 0.